The van der Waals surface area contributed by atoms with Crippen LogP contribution in [-0.4, -0.2) is 88.0 Å². The highest BCUT2D eigenvalue weighted by Crippen LogP contribution is 2.28. The van der Waals surface area contributed by atoms with Crippen molar-refractivity contribution >= 4 is 29.3 Å². The third-order valence-corrected chi connectivity index (χ3v) is 9.76. The molecule has 2 heterocycles. The van der Waals surface area contributed by atoms with Crippen molar-refractivity contribution < 1.29 is 19.2 Å². The van der Waals surface area contributed by atoms with Gasteiger partial charge in [-0.25, -0.2) is 0 Å². The third-order valence-electron chi connectivity index (χ3n) is 9.76. The first-order valence-electron chi connectivity index (χ1n) is 17.2. The highest BCUT2D eigenvalue weighted by atomic mass is 16.2. The molecule has 3 N–H and O–H groups in total. The number of aromatic nitrogens is 2. The van der Waals surface area contributed by atoms with Crippen LogP contribution in [0.3, 0.4) is 0 Å². The summed E-state index contributed by atoms with van der Waals surface area (Å²) in [5.41, 5.74) is 3.09. The molecule has 256 valence electrons. The van der Waals surface area contributed by atoms with Crippen molar-refractivity contribution in [2.24, 2.45) is 13.0 Å². The number of anilines is 1. The van der Waals surface area contributed by atoms with Gasteiger partial charge in [-0.3, -0.25) is 28.8 Å². The predicted molar refractivity (Wildman–Crippen MR) is 185 cm³/mol. The van der Waals surface area contributed by atoms with E-state index < -0.39 is 12.1 Å². The maximum atomic E-state index is 13.9. The molecule has 1 saturated heterocycles. The number of benzene rings is 2. The van der Waals surface area contributed by atoms with E-state index in [-0.39, 0.29) is 42.0 Å². The summed E-state index contributed by atoms with van der Waals surface area (Å²) in [5, 5.41) is 13.0. The minimum Gasteiger partial charge on any atom is -0.344 e. The Bertz CT molecular complexity index is 1530. The van der Waals surface area contributed by atoms with Crippen molar-refractivity contribution in [3.63, 3.8) is 0 Å². The SMILES string of the molecule is CCC(=O)NC(Cc1ccc(NC(=O)C(NC(=O)c2ccnn2C)C2CCCCC2)cc1)C(=O)N1CCN(C)C(Cc2ccccc2)C1. The van der Waals surface area contributed by atoms with E-state index in [9.17, 15) is 19.2 Å². The summed E-state index contributed by atoms with van der Waals surface area (Å²) in [6.45, 7) is 3.73. The number of rotatable bonds is 12. The molecule has 0 bridgehead atoms. The Labute approximate surface area is 283 Å². The van der Waals surface area contributed by atoms with Crippen LogP contribution in [0.15, 0.2) is 66.9 Å². The van der Waals surface area contributed by atoms with E-state index in [1.807, 2.05) is 47.4 Å². The molecule has 3 aromatic rings. The van der Waals surface area contributed by atoms with Crippen LogP contribution in [0.25, 0.3) is 0 Å². The Kier molecular flexibility index (Phi) is 12.0. The van der Waals surface area contributed by atoms with E-state index >= 15 is 0 Å². The average molecular weight is 656 g/mol. The molecule has 2 aromatic carbocycles. The minimum absolute atomic E-state index is 0.0472. The summed E-state index contributed by atoms with van der Waals surface area (Å²) in [5.74, 6) is -0.791. The number of carbonyl (C=O) groups is 4. The van der Waals surface area contributed by atoms with Crippen LogP contribution in [-0.2, 0) is 34.3 Å². The van der Waals surface area contributed by atoms with E-state index in [2.05, 4.69) is 45.1 Å². The number of hydrogen-bond donors (Lipinski definition) is 3. The van der Waals surface area contributed by atoms with Crippen molar-refractivity contribution in [1.82, 2.24) is 30.2 Å². The summed E-state index contributed by atoms with van der Waals surface area (Å²) in [6.07, 6.45) is 7.97. The van der Waals surface area contributed by atoms with Gasteiger partial charge in [0, 0.05) is 57.4 Å². The van der Waals surface area contributed by atoms with Gasteiger partial charge in [-0.1, -0.05) is 68.7 Å². The second-order valence-electron chi connectivity index (χ2n) is 13.2. The molecule has 1 aliphatic carbocycles. The van der Waals surface area contributed by atoms with Crippen LogP contribution in [0.1, 0.15) is 67.1 Å². The number of carbonyl (C=O) groups excluding carboxylic acids is 4. The molecule has 5 rings (SSSR count). The molecule has 1 saturated carbocycles. The van der Waals surface area contributed by atoms with Gasteiger partial charge < -0.3 is 20.9 Å². The van der Waals surface area contributed by atoms with E-state index in [1.165, 1.54) is 10.2 Å². The van der Waals surface area contributed by atoms with Crippen LogP contribution < -0.4 is 16.0 Å². The van der Waals surface area contributed by atoms with Gasteiger partial charge in [0.15, 0.2) is 0 Å². The molecule has 2 aliphatic rings. The van der Waals surface area contributed by atoms with Crippen LogP contribution in [0.2, 0.25) is 0 Å². The fraction of sp³-hybridized carbons (Fsp3) is 0.486. The zero-order chi connectivity index (χ0) is 34.0. The first-order valence-corrected chi connectivity index (χ1v) is 17.2. The maximum Gasteiger partial charge on any atom is 0.270 e. The lowest BCUT2D eigenvalue weighted by molar-refractivity contribution is -0.138. The molecule has 48 heavy (non-hydrogen) atoms. The van der Waals surface area contributed by atoms with Gasteiger partial charge >= 0.3 is 0 Å². The van der Waals surface area contributed by atoms with Crippen LogP contribution in [0, 0.1) is 5.92 Å². The van der Waals surface area contributed by atoms with Crippen molar-refractivity contribution in [1.29, 1.82) is 0 Å². The van der Waals surface area contributed by atoms with E-state index in [0.717, 1.165) is 50.6 Å². The maximum absolute atomic E-state index is 13.9. The lowest BCUT2D eigenvalue weighted by Gasteiger charge is -2.41. The summed E-state index contributed by atoms with van der Waals surface area (Å²) in [4.78, 5) is 57.2. The first-order chi connectivity index (χ1) is 23.2. The molecule has 2 fully saturated rings. The topological polar surface area (TPSA) is 129 Å². The van der Waals surface area contributed by atoms with Gasteiger partial charge in [0.25, 0.3) is 5.91 Å². The summed E-state index contributed by atoms with van der Waals surface area (Å²) < 4.78 is 1.50. The van der Waals surface area contributed by atoms with Crippen LogP contribution >= 0.6 is 0 Å². The standard InChI is InChI=1S/C37H49N7O4/c1-4-33(45)40-31(37(48)44-22-21-42(2)30(25-44)23-26-11-7-5-8-12-26)24-27-15-17-29(18-16-27)39-36(47)34(28-13-9-6-10-14-28)41-35(46)32-19-20-38-43(32)3/h5,7-8,11-12,15-20,28,30-31,34H,4,6,9-10,13-14,21-25H2,1-3H3,(H,39,47)(H,40,45)(H,41,46). The number of nitrogens with one attached hydrogen (secondary N) is 3. The number of piperazine rings is 1. The Morgan fingerprint density at radius 1 is 0.875 bits per heavy atom. The molecule has 11 nitrogen and oxygen atoms in total. The highest BCUT2D eigenvalue weighted by Gasteiger charge is 2.33. The largest absolute Gasteiger partial charge is 0.344 e. The quantitative estimate of drug-likeness (QED) is 0.274. The Morgan fingerprint density at radius 3 is 2.27 bits per heavy atom. The number of likely N-dealkylation sites (N-methyl/N-ethyl adjacent to an activating group) is 1. The molecule has 3 unspecified atom stereocenters. The average Bonchev–Trinajstić information content (AvgIpc) is 3.54. The number of hydrogen-bond acceptors (Lipinski definition) is 6. The zero-order valence-electron chi connectivity index (χ0n) is 28.4. The van der Waals surface area contributed by atoms with Gasteiger partial charge in [0.05, 0.1) is 0 Å². The Balaban J connectivity index is 1.24. The molecule has 1 aliphatic heterocycles. The molecule has 0 spiro atoms. The molecular weight excluding hydrogens is 606 g/mol. The number of nitrogens with zero attached hydrogens (tertiary/aromatic N) is 4. The molecule has 3 atom stereocenters. The van der Waals surface area contributed by atoms with Gasteiger partial charge in [0.1, 0.15) is 17.8 Å². The van der Waals surface area contributed by atoms with Gasteiger partial charge in [-0.05, 0) is 61.6 Å². The van der Waals surface area contributed by atoms with E-state index in [4.69, 9.17) is 0 Å². The number of amides is 4. The van der Waals surface area contributed by atoms with Crippen LogP contribution in [0.4, 0.5) is 5.69 Å². The Morgan fingerprint density at radius 2 is 1.60 bits per heavy atom. The van der Waals surface area contributed by atoms with Crippen molar-refractivity contribution in [2.75, 3.05) is 32.0 Å². The summed E-state index contributed by atoms with van der Waals surface area (Å²) in [7, 11) is 3.80. The first kappa shape index (κ1) is 34.8. The zero-order valence-corrected chi connectivity index (χ0v) is 28.4. The lowest BCUT2D eigenvalue weighted by Crippen LogP contribution is -2.58. The van der Waals surface area contributed by atoms with Crippen LogP contribution in [0.5, 0.6) is 0 Å². The highest BCUT2D eigenvalue weighted by molar-refractivity contribution is 6.00. The van der Waals surface area contributed by atoms with Crippen molar-refractivity contribution in [3.8, 4) is 0 Å². The molecule has 11 heteroatoms. The van der Waals surface area contributed by atoms with Gasteiger partial charge in [-0.15, -0.1) is 0 Å². The molecule has 1 aromatic heterocycles. The minimum atomic E-state index is -0.698. The van der Waals surface area contributed by atoms with E-state index in [1.54, 1.807) is 26.2 Å². The third kappa shape index (κ3) is 9.09. The lowest BCUT2D eigenvalue weighted by atomic mass is 9.83. The molecule has 0 radical (unpaired) electrons. The Hall–Kier alpha value is -4.51. The fourth-order valence-electron chi connectivity index (χ4n) is 6.83. The summed E-state index contributed by atoms with van der Waals surface area (Å²) >= 11 is 0. The molecular formula is C37H49N7O4. The van der Waals surface area contributed by atoms with Gasteiger partial charge in [-0.2, -0.15) is 5.10 Å². The van der Waals surface area contributed by atoms with Crippen molar-refractivity contribution in [3.05, 3.63) is 83.7 Å². The normalized spacial score (nSPS) is 18.5. The summed E-state index contributed by atoms with van der Waals surface area (Å²) in [6, 6.07) is 18.1. The second kappa shape index (κ2) is 16.5. The number of aryl methyl sites for hydroxylation is 1. The fourth-order valence-corrected chi connectivity index (χ4v) is 6.83. The van der Waals surface area contributed by atoms with E-state index in [0.29, 0.717) is 30.9 Å². The molecule has 4 amide bonds. The smallest absolute Gasteiger partial charge is 0.270 e. The van der Waals surface area contributed by atoms with Crippen molar-refractivity contribution in [2.45, 2.75) is 76.4 Å². The van der Waals surface area contributed by atoms with Gasteiger partial charge in [0.2, 0.25) is 17.7 Å². The monoisotopic (exact) mass is 655 g/mol. The second-order valence-corrected chi connectivity index (χ2v) is 13.2. The predicted octanol–water partition coefficient (Wildman–Crippen LogP) is 3.56.